The van der Waals surface area contributed by atoms with Gasteiger partial charge < -0.3 is 15.3 Å². The van der Waals surface area contributed by atoms with Crippen molar-refractivity contribution >= 4 is 52.0 Å². The molecule has 2 aromatic carbocycles. The first-order chi connectivity index (χ1) is 19.3. The topological polar surface area (TPSA) is 133 Å². The molecule has 3 amide bonds. The molecule has 0 saturated heterocycles. The summed E-state index contributed by atoms with van der Waals surface area (Å²) in [7, 11) is -4.29. The maximum absolute atomic E-state index is 12.9. The van der Waals surface area contributed by atoms with Gasteiger partial charge in [-0.3, -0.25) is 14.4 Å². The van der Waals surface area contributed by atoms with E-state index in [4.69, 9.17) is 11.6 Å². The quantitative estimate of drug-likeness (QED) is 0.220. The zero-order valence-electron chi connectivity index (χ0n) is 23.9. The molecule has 3 N–H and O–H groups in total. The van der Waals surface area contributed by atoms with Gasteiger partial charge in [0.1, 0.15) is 6.10 Å². The molecule has 0 aliphatic heterocycles. The molecule has 0 bridgehead atoms. The lowest BCUT2D eigenvalue weighted by molar-refractivity contribution is -0.132. The fourth-order valence-electron chi connectivity index (χ4n) is 4.24. The number of carbonyl (C=O) groups is 3. The van der Waals surface area contributed by atoms with E-state index >= 15 is 0 Å². The molecule has 0 spiro atoms. The molecule has 9 nitrogen and oxygen atoms in total. The van der Waals surface area contributed by atoms with Crippen molar-refractivity contribution in [2.45, 2.75) is 77.0 Å². The third-order valence-electron chi connectivity index (χ3n) is 6.25. The van der Waals surface area contributed by atoms with Gasteiger partial charge in [-0.25, -0.2) is 13.1 Å². The van der Waals surface area contributed by atoms with Gasteiger partial charge in [0.2, 0.25) is 11.8 Å². The number of rotatable bonds is 15. The number of benzene rings is 2. The Labute approximate surface area is 253 Å². The minimum atomic E-state index is -4.29. The van der Waals surface area contributed by atoms with E-state index in [0.717, 1.165) is 6.42 Å². The van der Waals surface area contributed by atoms with Crippen molar-refractivity contribution < 1.29 is 27.9 Å². The van der Waals surface area contributed by atoms with E-state index in [-0.39, 0.29) is 52.8 Å². The van der Waals surface area contributed by atoms with E-state index in [0.29, 0.717) is 35.6 Å². The van der Waals surface area contributed by atoms with Crippen molar-refractivity contribution in [3.63, 3.8) is 0 Å². The van der Waals surface area contributed by atoms with Crippen LogP contribution in [0.4, 0.5) is 0 Å². The monoisotopic (exact) mass is 625 g/mol. The molecule has 0 radical (unpaired) electrons. The normalized spacial score (nSPS) is 13.0. The fourth-order valence-corrected chi connectivity index (χ4v) is 6.06. The van der Waals surface area contributed by atoms with Crippen LogP contribution in [-0.4, -0.2) is 60.6 Å². The van der Waals surface area contributed by atoms with Crippen LogP contribution >= 0.6 is 24.2 Å². The van der Waals surface area contributed by atoms with Crippen molar-refractivity contribution in [3.05, 3.63) is 53.1 Å². The zero-order chi connectivity index (χ0) is 30.7. The summed E-state index contributed by atoms with van der Waals surface area (Å²) < 4.78 is 27.7. The van der Waals surface area contributed by atoms with Gasteiger partial charge in [0, 0.05) is 53.9 Å². The van der Waals surface area contributed by atoms with Crippen LogP contribution in [0.25, 0.3) is 11.1 Å². The van der Waals surface area contributed by atoms with E-state index in [2.05, 4.69) is 31.8 Å². The fraction of sp³-hybridized carbons (Fsp3) is 0.483. The number of amides is 3. The van der Waals surface area contributed by atoms with Crippen LogP contribution in [0.1, 0.15) is 58.9 Å². The minimum Gasteiger partial charge on any atom is -0.384 e. The molecule has 0 heterocycles. The summed E-state index contributed by atoms with van der Waals surface area (Å²) in [4.78, 5) is 38.8. The molecular formula is C29H40ClN3O6S2. The molecule has 41 heavy (non-hydrogen) atoms. The van der Waals surface area contributed by atoms with E-state index < -0.39 is 22.0 Å². The highest BCUT2D eigenvalue weighted by molar-refractivity contribution is 7.90. The molecule has 226 valence electrons. The Morgan fingerprint density at radius 2 is 1.73 bits per heavy atom. The maximum atomic E-state index is 12.9. The molecular weight excluding hydrogens is 586 g/mol. The van der Waals surface area contributed by atoms with Gasteiger partial charge in [0.05, 0.1) is 4.90 Å². The number of hydrogen-bond acceptors (Lipinski definition) is 7. The Morgan fingerprint density at radius 3 is 2.32 bits per heavy atom. The first kappa shape index (κ1) is 34.6. The third kappa shape index (κ3) is 10.6. The zero-order valence-corrected chi connectivity index (χ0v) is 26.4. The summed E-state index contributed by atoms with van der Waals surface area (Å²) in [6, 6.07) is 11.1. The molecule has 12 heteroatoms. The molecule has 2 rings (SSSR count). The van der Waals surface area contributed by atoms with E-state index in [1.165, 1.54) is 19.1 Å². The van der Waals surface area contributed by atoms with E-state index in [9.17, 15) is 27.9 Å². The van der Waals surface area contributed by atoms with Gasteiger partial charge in [-0.15, -0.1) is 0 Å². The molecule has 0 aliphatic carbocycles. The Balaban J connectivity index is 2.26. The number of halogens is 1. The lowest BCUT2D eigenvalue weighted by Crippen LogP contribution is -2.40. The number of nitrogens with zero attached hydrogens (tertiary/aromatic N) is 1. The predicted molar refractivity (Wildman–Crippen MR) is 164 cm³/mol. The Morgan fingerprint density at radius 1 is 1.05 bits per heavy atom. The second kappa shape index (κ2) is 16.1. The maximum Gasteiger partial charge on any atom is 0.264 e. The van der Waals surface area contributed by atoms with Crippen molar-refractivity contribution in [2.24, 2.45) is 5.92 Å². The molecule has 0 saturated carbocycles. The van der Waals surface area contributed by atoms with Crippen LogP contribution < -0.4 is 10.0 Å². The van der Waals surface area contributed by atoms with Crippen LogP contribution in [-0.2, 0) is 31.0 Å². The van der Waals surface area contributed by atoms with Crippen molar-refractivity contribution in [1.82, 2.24) is 14.9 Å². The molecule has 2 atom stereocenters. The molecule has 2 aromatic rings. The van der Waals surface area contributed by atoms with Gasteiger partial charge in [-0.2, -0.15) is 12.6 Å². The van der Waals surface area contributed by atoms with E-state index in [1.807, 2.05) is 11.6 Å². The van der Waals surface area contributed by atoms with Crippen molar-refractivity contribution in [2.75, 3.05) is 12.3 Å². The van der Waals surface area contributed by atoms with Crippen LogP contribution in [0.3, 0.4) is 0 Å². The standard InChI is InChI=1S/C29H40ClN3O6S2/c1-5-8-28(36)33(14-13-27(35)31-22(18-40)15-19(2)3)17-21-11-12-23(25(30)16-21)24-9-6-7-10-26(24)41(38,39)32-29(37)20(4)34/h6-7,9-12,16,19-20,22,34,40H,5,8,13-15,17-18H2,1-4H3,(H,31,35)(H,32,37)/t20-,22+/m0/s1. The van der Waals surface area contributed by atoms with Gasteiger partial charge in [-0.1, -0.05) is 62.7 Å². The number of nitrogens with one attached hydrogen (secondary N) is 2. The number of carbonyl (C=O) groups excluding carboxylic acids is 3. The van der Waals surface area contributed by atoms with Crippen LogP contribution in [0, 0.1) is 5.92 Å². The highest BCUT2D eigenvalue weighted by Gasteiger charge is 2.25. The first-order valence-electron chi connectivity index (χ1n) is 13.6. The van der Waals surface area contributed by atoms with Gasteiger partial charge in [-0.05, 0) is 43.4 Å². The summed E-state index contributed by atoms with van der Waals surface area (Å²) in [5, 5.41) is 12.7. The Bertz CT molecular complexity index is 1320. The van der Waals surface area contributed by atoms with Gasteiger partial charge in [0.25, 0.3) is 15.9 Å². The largest absolute Gasteiger partial charge is 0.384 e. The average molecular weight is 626 g/mol. The average Bonchev–Trinajstić information content (AvgIpc) is 2.90. The second-order valence-corrected chi connectivity index (χ2v) is 12.8. The van der Waals surface area contributed by atoms with Crippen LogP contribution in [0.2, 0.25) is 5.02 Å². The van der Waals surface area contributed by atoms with Gasteiger partial charge in [0.15, 0.2) is 0 Å². The van der Waals surface area contributed by atoms with Crippen molar-refractivity contribution in [3.8, 4) is 11.1 Å². The second-order valence-electron chi connectivity index (χ2n) is 10.3. The minimum absolute atomic E-state index is 0.0379. The van der Waals surface area contributed by atoms with Crippen LogP contribution in [0.15, 0.2) is 47.4 Å². The summed E-state index contributed by atoms with van der Waals surface area (Å²) >= 11 is 10.9. The molecule has 0 aliphatic rings. The highest BCUT2D eigenvalue weighted by atomic mass is 35.5. The number of sulfonamides is 1. The Kier molecular flexibility index (Phi) is 13.6. The molecule has 0 unspecified atom stereocenters. The lowest BCUT2D eigenvalue weighted by atomic mass is 10.0. The summed E-state index contributed by atoms with van der Waals surface area (Å²) in [5.41, 5.74) is 1.39. The number of hydrogen-bond donors (Lipinski definition) is 4. The van der Waals surface area contributed by atoms with Crippen LogP contribution in [0.5, 0.6) is 0 Å². The summed E-state index contributed by atoms with van der Waals surface area (Å²) in [5.74, 6) is -0.331. The molecule has 0 aromatic heterocycles. The number of aliphatic hydroxyl groups is 1. The van der Waals surface area contributed by atoms with Gasteiger partial charge >= 0.3 is 0 Å². The molecule has 0 fully saturated rings. The smallest absolute Gasteiger partial charge is 0.264 e. The Hall–Kier alpha value is -2.60. The highest BCUT2D eigenvalue weighted by Crippen LogP contribution is 2.33. The number of thiol groups is 1. The third-order valence-corrected chi connectivity index (χ3v) is 8.41. The SMILES string of the molecule is CCCC(=O)N(CCC(=O)N[C@@H](CS)CC(C)C)Cc1ccc(-c2ccccc2S(=O)(=O)NC(=O)[C@H](C)O)c(Cl)c1. The predicted octanol–water partition coefficient (Wildman–Crippen LogP) is 4.17. The lowest BCUT2D eigenvalue weighted by Gasteiger charge is -2.24. The summed E-state index contributed by atoms with van der Waals surface area (Å²) in [6.07, 6.45) is 0.453. The van der Waals surface area contributed by atoms with E-state index in [1.54, 1.807) is 35.2 Å². The van der Waals surface area contributed by atoms with Crippen molar-refractivity contribution in [1.29, 1.82) is 0 Å². The summed E-state index contributed by atoms with van der Waals surface area (Å²) in [6.45, 7) is 7.69. The first-order valence-corrected chi connectivity index (χ1v) is 16.1. The number of aliphatic hydroxyl groups excluding tert-OH is 1.